The monoisotopic (exact) mass is 439 g/mol. The molecule has 0 spiro atoms. The highest BCUT2D eigenvalue weighted by Crippen LogP contribution is 2.34. The molecule has 13 heteroatoms. The average Bonchev–Trinajstić information content (AvgIpc) is 3.17. The lowest BCUT2D eigenvalue weighted by Gasteiger charge is -2.08. The number of carbonyl (C=O) groups excluding carboxylic acids is 1. The Kier molecular flexibility index (Phi) is 5.41. The zero-order valence-electron chi connectivity index (χ0n) is 15.9. The number of rotatable bonds is 6. The average molecular weight is 439 g/mol. The van der Waals surface area contributed by atoms with Gasteiger partial charge in [-0.05, 0) is 36.0 Å². The highest BCUT2D eigenvalue weighted by Gasteiger charge is 2.21. The third-order valence-corrected chi connectivity index (χ3v) is 5.33. The quantitative estimate of drug-likeness (QED) is 0.247. The topological polar surface area (TPSA) is 148 Å². The second kappa shape index (κ2) is 8.31. The number of nitro groups is 1. The Labute approximate surface area is 177 Å². The van der Waals surface area contributed by atoms with Crippen molar-refractivity contribution in [2.75, 3.05) is 0 Å². The van der Waals surface area contributed by atoms with Crippen LogP contribution in [-0.4, -0.2) is 40.7 Å². The van der Waals surface area contributed by atoms with Crippen molar-refractivity contribution in [3.63, 3.8) is 0 Å². The van der Waals surface area contributed by atoms with Gasteiger partial charge in [0.2, 0.25) is 0 Å². The molecule has 0 aliphatic rings. The van der Waals surface area contributed by atoms with Crippen molar-refractivity contribution in [2.24, 2.45) is 7.05 Å². The third kappa shape index (κ3) is 4.11. The standard InChI is InChI=1S/C18H13N7O5S/c1-23-9-19-21-18(23)31-15-7-6-11(8-14(15)25(28)29)17(27)30-10-24-16(26)12-4-2-3-5-13(12)20-22-24/h2-9H,10H2,1H3. The number of carbonyl (C=O) groups is 1. The van der Waals surface area contributed by atoms with Crippen molar-refractivity contribution in [1.82, 2.24) is 29.8 Å². The summed E-state index contributed by atoms with van der Waals surface area (Å²) in [7, 11) is 1.71. The molecule has 0 saturated heterocycles. The third-order valence-electron chi connectivity index (χ3n) is 4.21. The van der Waals surface area contributed by atoms with Crippen LogP contribution in [0.3, 0.4) is 0 Å². The lowest BCUT2D eigenvalue weighted by molar-refractivity contribution is -0.387. The van der Waals surface area contributed by atoms with E-state index in [1.54, 1.807) is 35.9 Å². The number of nitrogens with zero attached hydrogens (tertiary/aromatic N) is 7. The summed E-state index contributed by atoms with van der Waals surface area (Å²) < 4.78 is 7.61. The highest BCUT2D eigenvalue weighted by molar-refractivity contribution is 7.99. The minimum absolute atomic E-state index is 0.0455. The Balaban J connectivity index is 1.54. The van der Waals surface area contributed by atoms with E-state index in [0.29, 0.717) is 16.1 Å². The predicted octanol–water partition coefficient (Wildman–Crippen LogP) is 1.79. The van der Waals surface area contributed by atoms with Crippen molar-refractivity contribution >= 4 is 34.3 Å². The van der Waals surface area contributed by atoms with Gasteiger partial charge < -0.3 is 9.30 Å². The summed E-state index contributed by atoms with van der Waals surface area (Å²) in [6.07, 6.45) is 1.47. The number of ether oxygens (including phenoxy) is 1. The van der Waals surface area contributed by atoms with Gasteiger partial charge in [0, 0.05) is 13.1 Å². The van der Waals surface area contributed by atoms with Crippen LogP contribution in [0.15, 0.2) is 63.6 Å². The maximum atomic E-state index is 12.4. The number of nitro benzene ring substituents is 1. The van der Waals surface area contributed by atoms with Gasteiger partial charge in [-0.15, -0.1) is 15.3 Å². The maximum absolute atomic E-state index is 12.4. The second-order valence-corrected chi connectivity index (χ2v) is 7.25. The van der Waals surface area contributed by atoms with Gasteiger partial charge in [-0.25, -0.2) is 4.79 Å². The molecule has 0 saturated carbocycles. The first-order chi connectivity index (χ1) is 14.9. The molecule has 12 nitrogen and oxygen atoms in total. The van der Waals surface area contributed by atoms with Gasteiger partial charge in [-0.3, -0.25) is 14.9 Å². The van der Waals surface area contributed by atoms with Gasteiger partial charge in [0.1, 0.15) is 11.8 Å². The molecular weight excluding hydrogens is 426 g/mol. The SMILES string of the molecule is Cn1cnnc1Sc1ccc(C(=O)OCn2nnc3ccccc3c2=O)cc1[N+](=O)[O-]. The summed E-state index contributed by atoms with van der Waals surface area (Å²) in [5.41, 5.74) is -0.387. The van der Waals surface area contributed by atoms with E-state index in [9.17, 15) is 19.7 Å². The molecule has 4 aromatic rings. The van der Waals surface area contributed by atoms with Crippen LogP contribution in [0.1, 0.15) is 10.4 Å². The van der Waals surface area contributed by atoms with Crippen molar-refractivity contribution in [3.05, 3.63) is 74.8 Å². The van der Waals surface area contributed by atoms with E-state index >= 15 is 0 Å². The fourth-order valence-corrected chi connectivity index (χ4v) is 3.50. The predicted molar refractivity (Wildman–Crippen MR) is 107 cm³/mol. The second-order valence-electron chi connectivity index (χ2n) is 6.24. The first kappa shape index (κ1) is 20.2. The fourth-order valence-electron chi connectivity index (χ4n) is 2.65. The van der Waals surface area contributed by atoms with E-state index in [4.69, 9.17) is 4.74 Å². The van der Waals surface area contributed by atoms with Crippen LogP contribution < -0.4 is 5.56 Å². The van der Waals surface area contributed by atoms with E-state index in [1.807, 2.05) is 0 Å². The lowest BCUT2D eigenvalue weighted by Crippen LogP contribution is -2.26. The summed E-state index contributed by atoms with van der Waals surface area (Å²) in [6, 6.07) is 10.6. The normalized spacial score (nSPS) is 10.9. The van der Waals surface area contributed by atoms with Crippen molar-refractivity contribution in [3.8, 4) is 0 Å². The molecule has 0 bridgehead atoms. The van der Waals surface area contributed by atoms with E-state index in [0.717, 1.165) is 22.5 Å². The molecule has 0 aliphatic carbocycles. The molecule has 0 amide bonds. The zero-order chi connectivity index (χ0) is 22.0. The molecule has 2 heterocycles. The minimum atomic E-state index is -0.847. The summed E-state index contributed by atoms with van der Waals surface area (Å²) in [4.78, 5) is 36.0. The maximum Gasteiger partial charge on any atom is 0.340 e. The van der Waals surface area contributed by atoms with Crippen LogP contribution in [0, 0.1) is 10.1 Å². The van der Waals surface area contributed by atoms with E-state index in [1.165, 1.54) is 18.5 Å². The lowest BCUT2D eigenvalue weighted by atomic mass is 10.2. The molecule has 31 heavy (non-hydrogen) atoms. The summed E-state index contributed by atoms with van der Waals surface area (Å²) in [5, 5.41) is 27.5. The molecule has 2 aromatic carbocycles. The van der Waals surface area contributed by atoms with Crippen LogP contribution in [0.25, 0.3) is 10.9 Å². The number of hydrogen-bond acceptors (Lipinski definition) is 10. The van der Waals surface area contributed by atoms with Crippen molar-refractivity contribution in [2.45, 2.75) is 16.8 Å². The van der Waals surface area contributed by atoms with Crippen molar-refractivity contribution < 1.29 is 14.5 Å². The van der Waals surface area contributed by atoms with Crippen LogP contribution in [0.4, 0.5) is 5.69 Å². The van der Waals surface area contributed by atoms with E-state index in [2.05, 4.69) is 20.5 Å². The molecule has 2 aromatic heterocycles. The smallest absolute Gasteiger partial charge is 0.340 e. The Hall–Kier alpha value is -4.13. The van der Waals surface area contributed by atoms with Crippen LogP contribution in [-0.2, 0) is 18.5 Å². The Morgan fingerprint density at radius 1 is 1.23 bits per heavy atom. The number of fused-ring (bicyclic) bond motifs is 1. The largest absolute Gasteiger partial charge is 0.439 e. The van der Waals surface area contributed by atoms with E-state index in [-0.39, 0.29) is 16.1 Å². The molecule has 0 radical (unpaired) electrons. The van der Waals surface area contributed by atoms with E-state index < -0.39 is 23.2 Å². The van der Waals surface area contributed by atoms with Gasteiger partial charge in [0.25, 0.3) is 11.2 Å². The number of benzene rings is 2. The fraction of sp³-hybridized carbons (Fsp3) is 0.111. The number of hydrogen-bond donors (Lipinski definition) is 0. The molecule has 156 valence electrons. The van der Waals surface area contributed by atoms with Crippen molar-refractivity contribution in [1.29, 1.82) is 0 Å². The summed E-state index contributed by atoms with van der Waals surface area (Å²) in [6.45, 7) is -0.487. The molecule has 4 rings (SSSR count). The molecule has 0 fully saturated rings. The van der Waals surface area contributed by atoms with Gasteiger partial charge in [-0.1, -0.05) is 17.3 Å². The highest BCUT2D eigenvalue weighted by atomic mass is 32.2. The van der Waals surface area contributed by atoms with Crippen LogP contribution in [0.5, 0.6) is 0 Å². The summed E-state index contributed by atoms with van der Waals surface area (Å²) >= 11 is 1.04. The number of esters is 1. The molecule has 0 unspecified atom stereocenters. The Bertz CT molecular complexity index is 1370. The minimum Gasteiger partial charge on any atom is -0.439 e. The summed E-state index contributed by atoms with van der Waals surface area (Å²) in [5.74, 6) is -0.847. The number of aryl methyl sites for hydroxylation is 1. The van der Waals surface area contributed by atoms with Crippen LogP contribution >= 0.6 is 11.8 Å². The van der Waals surface area contributed by atoms with Crippen LogP contribution in [0.2, 0.25) is 0 Å². The molecule has 0 aliphatic heterocycles. The Morgan fingerprint density at radius 3 is 2.77 bits per heavy atom. The Morgan fingerprint density at radius 2 is 2.03 bits per heavy atom. The molecule has 0 atom stereocenters. The first-order valence-corrected chi connectivity index (χ1v) is 9.55. The molecular formula is C18H13N7O5S. The zero-order valence-corrected chi connectivity index (χ0v) is 16.7. The van der Waals surface area contributed by atoms with Gasteiger partial charge in [0.05, 0.1) is 20.8 Å². The first-order valence-electron chi connectivity index (χ1n) is 8.74. The number of aromatic nitrogens is 6. The van der Waals surface area contributed by atoms with Gasteiger partial charge in [0.15, 0.2) is 11.9 Å². The van der Waals surface area contributed by atoms with Gasteiger partial charge >= 0.3 is 5.97 Å². The van der Waals surface area contributed by atoms with Gasteiger partial charge in [-0.2, -0.15) is 4.68 Å². The molecule has 0 N–H and O–H groups in total.